The highest BCUT2D eigenvalue weighted by Crippen LogP contribution is 2.22. The molecule has 3 rings (SSSR count). The van der Waals surface area contributed by atoms with Crippen LogP contribution >= 0.6 is 15.9 Å². The van der Waals surface area contributed by atoms with Crippen molar-refractivity contribution in [3.8, 4) is 0 Å². The van der Waals surface area contributed by atoms with Crippen molar-refractivity contribution < 1.29 is 14.0 Å². The fourth-order valence-corrected chi connectivity index (χ4v) is 3.12. The molecule has 1 fully saturated rings. The molecule has 0 atom stereocenters. The molecule has 0 spiro atoms. The van der Waals surface area contributed by atoms with Gasteiger partial charge in [-0.05, 0) is 60.0 Å². The summed E-state index contributed by atoms with van der Waals surface area (Å²) in [5.74, 6) is 0.146. The summed E-state index contributed by atoms with van der Waals surface area (Å²) in [6.07, 6.45) is 1.32. The molecule has 0 unspecified atom stereocenters. The molecule has 1 aromatic carbocycles. The Bertz CT molecular complexity index is 731. The molecule has 1 saturated heterocycles. The molecule has 5 nitrogen and oxygen atoms in total. The van der Waals surface area contributed by atoms with E-state index in [1.807, 2.05) is 31.2 Å². The molecule has 6 heteroatoms. The lowest BCUT2D eigenvalue weighted by molar-refractivity contribution is -0.121. The smallest absolute Gasteiger partial charge is 0.289 e. The fourth-order valence-electron chi connectivity index (χ4n) is 2.81. The molecular weight excluding hydrogens is 372 g/mol. The van der Waals surface area contributed by atoms with Crippen LogP contribution in [0.2, 0.25) is 0 Å². The topological polar surface area (TPSA) is 62.6 Å². The van der Waals surface area contributed by atoms with E-state index < -0.39 is 0 Å². The highest BCUT2D eigenvalue weighted by molar-refractivity contribution is 9.10. The molecule has 1 N–H and O–H groups in total. The Kier molecular flexibility index (Phi) is 5.04. The van der Waals surface area contributed by atoms with Crippen LogP contribution in [-0.2, 0) is 4.79 Å². The Morgan fingerprint density at radius 2 is 1.79 bits per heavy atom. The molecule has 2 aromatic rings. The second-order valence-corrected chi connectivity index (χ2v) is 6.81. The van der Waals surface area contributed by atoms with Gasteiger partial charge in [-0.1, -0.05) is 17.7 Å². The van der Waals surface area contributed by atoms with Crippen LogP contribution in [-0.4, -0.2) is 29.8 Å². The van der Waals surface area contributed by atoms with Crippen LogP contribution in [0.5, 0.6) is 0 Å². The second-order valence-electron chi connectivity index (χ2n) is 6.03. The van der Waals surface area contributed by atoms with E-state index in [1.54, 1.807) is 17.0 Å². The van der Waals surface area contributed by atoms with Gasteiger partial charge in [-0.2, -0.15) is 0 Å². The Balaban J connectivity index is 1.53. The number of anilines is 1. The molecular formula is C18H19BrN2O3. The van der Waals surface area contributed by atoms with E-state index in [9.17, 15) is 9.59 Å². The molecule has 0 saturated carbocycles. The average Bonchev–Trinajstić information content (AvgIpc) is 3.03. The molecule has 0 aliphatic carbocycles. The maximum atomic E-state index is 12.4. The zero-order chi connectivity index (χ0) is 17.1. The largest absolute Gasteiger partial charge is 0.444 e. The van der Waals surface area contributed by atoms with E-state index in [0.29, 0.717) is 36.4 Å². The number of halogens is 1. The van der Waals surface area contributed by atoms with Crippen LogP contribution in [0.1, 0.15) is 29.0 Å². The lowest BCUT2D eigenvalue weighted by Crippen LogP contribution is -2.41. The SMILES string of the molecule is Cc1ccc(NC(=O)C2CCN(C(=O)c3ccc(Br)o3)CC2)cc1. The van der Waals surface area contributed by atoms with Gasteiger partial charge < -0.3 is 14.6 Å². The maximum Gasteiger partial charge on any atom is 0.289 e. The molecule has 24 heavy (non-hydrogen) atoms. The number of carbonyl (C=O) groups is 2. The average molecular weight is 391 g/mol. The Labute approximate surface area is 149 Å². The van der Waals surface area contributed by atoms with E-state index in [-0.39, 0.29) is 17.7 Å². The predicted molar refractivity (Wildman–Crippen MR) is 94.8 cm³/mol. The quantitative estimate of drug-likeness (QED) is 0.865. The number of nitrogens with zero attached hydrogens (tertiary/aromatic N) is 1. The number of hydrogen-bond donors (Lipinski definition) is 1. The number of piperidine rings is 1. The molecule has 0 bridgehead atoms. The van der Waals surface area contributed by atoms with Gasteiger partial charge in [0, 0.05) is 24.7 Å². The number of likely N-dealkylation sites (tertiary alicyclic amines) is 1. The van der Waals surface area contributed by atoms with Gasteiger partial charge in [-0.25, -0.2) is 0 Å². The summed E-state index contributed by atoms with van der Waals surface area (Å²) in [5.41, 5.74) is 1.97. The summed E-state index contributed by atoms with van der Waals surface area (Å²) >= 11 is 3.20. The van der Waals surface area contributed by atoms with Crippen molar-refractivity contribution in [2.75, 3.05) is 18.4 Å². The first kappa shape index (κ1) is 16.8. The minimum atomic E-state index is -0.127. The van der Waals surface area contributed by atoms with Crippen molar-refractivity contribution in [3.05, 3.63) is 52.4 Å². The summed E-state index contributed by atoms with van der Waals surface area (Å²) in [4.78, 5) is 26.4. The van der Waals surface area contributed by atoms with E-state index in [2.05, 4.69) is 21.2 Å². The summed E-state index contributed by atoms with van der Waals surface area (Å²) in [6.45, 7) is 3.13. The van der Waals surface area contributed by atoms with Gasteiger partial charge in [0.1, 0.15) is 0 Å². The number of amides is 2. The second kappa shape index (κ2) is 7.21. The molecule has 0 radical (unpaired) electrons. The van der Waals surface area contributed by atoms with Gasteiger partial charge >= 0.3 is 0 Å². The van der Waals surface area contributed by atoms with Crippen LogP contribution in [0.4, 0.5) is 5.69 Å². The monoisotopic (exact) mass is 390 g/mol. The van der Waals surface area contributed by atoms with Gasteiger partial charge in [0.2, 0.25) is 5.91 Å². The normalized spacial score (nSPS) is 15.3. The fraction of sp³-hybridized carbons (Fsp3) is 0.333. The third-order valence-corrected chi connectivity index (χ3v) is 4.68. The van der Waals surface area contributed by atoms with Gasteiger partial charge in [0.05, 0.1) is 0 Å². The highest BCUT2D eigenvalue weighted by Gasteiger charge is 2.29. The number of hydrogen-bond acceptors (Lipinski definition) is 3. The lowest BCUT2D eigenvalue weighted by Gasteiger charge is -2.30. The maximum absolute atomic E-state index is 12.4. The molecule has 1 aliphatic rings. The number of aryl methyl sites for hydroxylation is 1. The number of carbonyl (C=O) groups excluding carboxylic acids is 2. The van der Waals surface area contributed by atoms with Crippen molar-refractivity contribution in [2.45, 2.75) is 19.8 Å². The van der Waals surface area contributed by atoms with Crippen LogP contribution < -0.4 is 5.32 Å². The first-order valence-electron chi connectivity index (χ1n) is 7.95. The molecule has 2 amide bonds. The third kappa shape index (κ3) is 3.87. The Morgan fingerprint density at radius 1 is 1.12 bits per heavy atom. The molecule has 2 heterocycles. The lowest BCUT2D eigenvalue weighted by atomic mass is 9.95. The molecule has 1 aliphatic heterocycles. The summed E-state index contributed by atoms with van der Waals surface area (Å²) < 4.78 is 5.85. The summed E-state index contributed by atoms with van der Waals surface area (Å²) in [5, 5.41) is 2.95. The van der Waals surface area contributed by atoms with Crippen molar-refractivity contribution in [3.63, 3.8) is 0 Å². The zero-order valence-electron chi connectivity index (χ0n) is 13.4. The van der Waals surface area contributed by atoms with Crippen LogP contribution in [0.15, 0.2) is 45.5 Å². The minimum Gasteiger partial charge on any atom is -0.444 e. The summed E-state index contributed by atoms with van der Waals surface area (Å²) in [7, 11) is 0. The third-order valence-electron chi connectivity index (χ3n) is 4.26. The Hall–Kier alpha value is -2.08. The predicted octanol–water partition coefficient (Wildman–Crippen LogP) is 3.84. The highest BCUT2D eigenvalue weighted by atomic mass is 79.9. The van der Waals surface area contributed by atoms with Crippen LogP contribution in [0.3, 0.4) is 0 Å². The first-order chi connectivity index (χ1) is 11.5. The number of furan rings is 1. The number of rotatable bonds is 3. The van der Waals surface area contributed by atoms with Crippen LogP contribution in [0, 0.1) is 12.8 Å². The van der Waals surface area contributed by atoms with E-state index in [0.717, 1.165) is 11.3 Å². The zero-order valence-corrected chi connectivity index (χ0v) is 15.0. The van der Waals surface area contributed by atoms with E-state index >= 15 is 0 Å². The molecule has 1 aromatic heterocycles. The van der Waals surface area contributed by atoms with Gasteiger partial charge in [0.25, 0.3) is 5.91 Å². The van der Waals surface area contributed by atoms with Crippen molar-refractivity contribution in [1.29, 1.82) is 0 Å². The van der Waals surface area contributed by atoms with E-state index in [1.165, 1.54) is 0 Å². The van der Waals surface area contributed by atoms with E-state index in [4.69, 9.17) is 4.42 Å². The van der Waals surface area contributed by atoms with Crippen molar-refractivity contribution in [2.24, 2.45) is 5.92 Å². The molecule has 126 valence electrons. The minimum absolute atomic E-state index is 0.0201. The van der Waals surface area contributed by atoms with Crippen molar-refractivity contribution in [1.82, 2.24) is 4.90 Å². The standard InChI is InChI=1S/C18H19BrN2O3/c1-12-2-4-14(5-3-12)20-17(22)13-8-10-21(11-9-13)18(23)15-6-7-16(19)24-15/h2-7,13H,8-11H2,1H3,(H,20,22). The van der Waals surface area contributed by atoms with Gasteiger partial charge in [-0.15, -0.1) is 0 Å². The van der Waals surface area contributed by atoms with Crippen molar-refractivity contribution >= 4 is 33.4 Å². The van der Waals surface area contributed by atoms with Gasteiger partial charge in [-0.3, -0.25) is 9.59 Å². The number of benzene rings is 1. The number of nitrogens with one attached hydrogen (secondary N) is 1. The van der Waals surface area contributed by atoms with Gasteiger partial charge in [0.15, 0.2) is 10.4 Å². The first-order valence-corrected chi connectivity index (χ1v) is 8.74. The van der Waals surface area contributed by atoms with Crippen LogP contribution in [0.25, 0.3) is 0 Å². The summed E-state index contributed by atoms with van der Waals surface area (Å²) in [6, 6.07) is 11.1. The Morgan fingerprint density at radius 3 is 2.38 bits per heavy atom.